The van der Waals surface area contributed by atoms with Crippen LogP contribution < -0.4 is 54.3 Å². The number of H-pyrrole nitrogens is 1. The molecule has 0 aliphatic heterocycles. The van der Waals surface area contributed by atoms with Crippen LogP contribution in [0.25, 0.3) is 55.9 Å². The first kappa shape index (κ1) is 71.8. The number of nitrogens with two attached hydrogens (primary N) is 4. The maximum Gasteiger partial charge on any atom is 0.573 e. The molecular weight excluding hydrogens is 1360 g/mol. The number of anilines is 7. The average Bonchev–Trinajstić information content (AvgIpc) is 0.930. The van der Waals surface area contributed by atoms with E-state index in [1.54, 1.807) is 117 Å². The van der Waals surface area contributed by atoms with E-state index >= 15 is 0 Å². The van der Waals surface area contributed by atoms with Crippen LogP contribution in [0, 0.1) is 12.7 Å². The SMILES string of the molecule is Cc1ncc(-c2cccnc2)nc1C(=O)Nc1cccc(S(C)(=O)=O)c1.NN(N)c1ncc(-c2cccnc2)nc1C(=O)Nc1ccc2[nH]ccc2c1.Nc1ncc(-c2cccnc2)nc1C(=O)Nc1cccc(F)c1.Nc1ncc(-c2cccnc2)nc1C(=O)Nc1ccccc1OC(F)(F)F.[HH].[HH].[HH].[HH].[HH].[HH].[HH]. The number of sulfone groups is 1. The number of para-hydroxylation sites is 2. The molecule has 0 spiro atoms. The van der Waals surface area contributed by atoms with E-state index in [9.17, 15) is 45.2 Å². The Morgan fingerprint density at radius 2 is 0.961 bits per heavy atom. The van der Waals surface area contributed by atoms with Gasteiger partial charge in [-0.05, 0) is 128 Å². The van der Waals surface area contributed by atoms with Crippen LogP contribution in [0.2, 0.25) is 0 Å². The van der Waals surface area contributed by atoms with Crippen molar-refractivity contribution in [2.75, 3.05) is 44.1 Å². The summed E-state index contributed by atoms with van der Waals surface area (Å²) in [6, 6.07) is 38.3. The van der Waals surface area contributed by atoms with Crippen molar-refractivity contribution >= 4 is 84.6 Å². The fourth-order valence-corrected chi connectivity index (χ4v) is 9.84. The van der Waals surface area contributed by atoms with E-state index in [4.69, 9.17) is 23.2 Å². The summed E-state index contributed by atoms with van der Waals surface area (Å²) in [5, 5.41) is 12.1. The second-order valence-corrected chi connectivity index (χ2v) is 23.4. The number of nitrogens with one attached hydrogen (secondary N) is 5. The maximum atomic E-state index is 13.2. The van der Waals surface area contributed by atoms with Gasteiger partial charge in [0.05, 0.1) is 63.8 Å². The average molecular weight is 1430 g/mol. The number of carbonyl (C=O) groups excluding carboxylic acids is 4. The van der Waals surface area contributed by atoms with Crippen molar-refractivity contribution in [3.8, 4) is 50.8 Å². The van der Waals surface area contributed by atoms with Crippen LogP contribution in [0.1, 0.15) is 57.6 Å². The molecule has 0 unspecified atom stereocenters. The summed E-state index contributed by atoms with van der Waals surface area (Å²) in [7, 11) is -3.36. The number of aromatic amines is 1. The molecule has 0 saturated heterocycles. The molecule has 4 amide bonds. The molecule has 532 valence electrons. The molecule has 9 aromatic heterocycles. The minimum Gasteiger partial charge on any atom is -0.404 e. The van der Waals surface area contributed by atoms with E-state index < -0.39 is 51.4 Å². The predicted molar refractivity (Wildman–Crippen MR) is 389 cm³/mol. The summed E-state index contributed by atoms with van der Waals surface area (Å²) in [5.41, 5.74) is 18.5. The Morgan fingerprint density at radius 3 is 1.47 bits per heavy atom. The fourth-order valence-electron chi connectivity index (χ4n) is 9.17. The lowest BCUT2D eigenvalue weighted by atomic mass is 10.2. The third kappa shape index (κ3) is 19.4. The van der Waals surface area contributed by atoms with Gasteiger partial charge in [-0.15, -0.1) is 13.2 Å². The number of pyridine rings is 4. The molecule has 13 rings (SSSR count). The monoisotopic (exact) mass is 1430 g/mol. The van der Waals surface area contributed by atoms with Crippen LogP contribution in [0.5, 0.6) is 5.75 Å². The van der Waals surface area contributed by atoms with E-state index in [0.29, 0.717) is 56.7 Å². The first-order valence-corrected chi connectivity index (χ1v) is 31.9. The van der Waals surface area contributed by atoms with Gasteiger partial charge in [0.1, 0.15) is 11.5 Å². The zero-order valence-corrected chi connectivity index (χ0v) is 54.6. The Labute approximate surface area is 592 Å². The zero-order valence-electron chi connectivity index (χ0n) is 53.8. The summed E-state index contributed by atoms with van der Waals surface area (Å²) in [6.07, 6.45) is 16.8. The number of fused-ring (bicyclic) bond motifs is 1. The van der Waals surface area contributed by atoms with E-state index in [0.717, 1.165) is 39.5 Å². The quantitative estimate of drug-likeness (QED) is 0.0261. The normalized spacial score (nSPS) is 10.8. The summed E-state index contributed by atoms with van der Waals surface area (Å²) in [4.78, 5) is 103. The van der Waals surface area contributed by atoms with E-state index in [1.165, 1.54) is 73.3 Å². The van der Waals surface area contributed by atoms with Crippen LogP contribution in [0.15, 0.2) is 231 Å². The fraction of sp³-hybridized carbons (Fsp3) is 0.0435. The molecule has 103 heavy (non-hydrogen) atoms. The summed E-state index contributed by atoms with van der Waals surface area (Å²) < 4.78 is 77.9. The number of aromatic nitrogens is 13. The lowest BCUT2D eigenvalue weighted by molar-refractivity contribution is -0.274. The van der Waals surface area contributed by atoms with Crippen LogP contribution in [0.4, 0.5) is 57.8 Å². The largest absolute Gasteiger partial charge is 0.573 e. The number of alkyl halides is 3. The van der Waals surface area contributed by atoms with Crippen molar-refractivity contribution in [1.29, 1.82) is 0 Å². The summed E-state index contributed by atoms with van der Waals surface area (Å²) in [6.45, 7) is 1.68. The highest BCUT2D eigenvalue weighted by Crippen LogP contribution is 2.32. The van der Waals surface area contributed by atoms with Gasteiger partial charge in [-0.3, -0.25) is 44.1 Å². The second-order valence-electron chi connectivity index (χ2n) is 21.4. The standard InChI is InChI=1S/C18H16N8O.C18H16N4O3S.C17H12F3N5O2.C16H12FN5O.7H2/c19-26(20)17-16(25-15(10-23-17)12-2-1-6-21-9-12)18(27)24-13-3-4-14-11(8-13)5-7-22-14;1-12-17(22-16(11-20-12)13-5-4-8-19-10-13)18(23)21-14-6-3-7-15(9-14)26(2,24)25;18-17(19,20)27-13-6-2-1-5-11(13)25-16(26)14-15(21)23-9-12(24-14)10-4-3-7-22-8-10;17-11-4-1-5-12(7-11)21-16(23)14-15(18)20-9-13(22-14)10-3-2-6-19-8-10;;;;;;;/h1-10,22H,19-20H2,(H,24,27);3-11H,1-2H3,(H,21,23);1-9H,(H2,21,23)(H,25,26);1-9H,(H2,18,20)(H,21,23);7*1H. The number of nitrogen functional groups attached to an aromatic ring is 2. The van der Waals surface area contributed by atoms with Gasteiger partial charge in [0, 0.05) is 122 Å². The van der Waals surface area contributed by atoms with Crippen molar-refractivity contribution in [2.45, 2.75) is 18.2 Å². The van der Waals surface area contributed by atoms with Crippen LogP contribution in [-0.2, 0) is 9.84 Å². The molecule has 0 bridgehead atoms. The molecule has 0 aliphatic rings. The Hall–Kier alpha value is -14.0. The Morgan fingerprint density at radius 1 is 0.505 bits per heavy atom. The van der Waals surface area contributed by atoms with Crippen molar-refractivity contribution in [2.24, 2.45) is 11.7 Å². The van der Waals surface area contributed by atoms with Gasteiger partial charge in [0.25, 0.3) is 23.6 Å². The molecule has 0 aliphatic carbocycles. The number of ether oxygens (including phenoxy) is 1. The van der Waals surface area contributed by atoms with Gasteiger partial charge < -0.3 is 42.5 Å². The lowest BCUT2D eigenvalue weighted by Crippen LogP contribution is -2.40. The minimum absolute atomic E-state index is 0. The number of hydrogen-bond acceptors (Lipinski definition) is 24. The number of hydrogen-bond donors (Lipinski definition) is 9. The van der Waals surface area contributed by atoms with E-state index in [-0.39, 0.29) is 60.8 Å². The molecule has 0 fully saturated rings. The van der Waals surface area contributed by atoms with Crippen molar-refractivity contribution in [1.82, 2.24) is 64.8 Å². The molecule has 13 aromatic rings. The maximum absolute atomic E-state index is 13.2. The van der Waals surface area contributed by atoms with Crippen molar-refractivity contribution in [3.63, 3.8) is 0 Å². The van der Waals surface area contributed by atoms with Gasteiger partial charge in [-0.2, -0.15) is 0 Å². The molecule has 4 aromatic carbocycles. The van der Waals surface area contributed by atoms with Crippen LogP contribution >= 0.6 is 0 Å². The minimum atomic E-state index is -4.90. The van der Waals surface area contributed by atoms with Crippen molar-refractivity contribution in [3.05, 3.63) is 260 Å². The molecule has 34 heteroatoms. The molecule has 0 radical (unpaired) electrons. The highest BCUT2D eigenvalue weighted by molar-refractivity contribution is 7.90. The van der Waals surface area contributed by atoms with Gasteiger partial charge in [-0.1, -0.05) is 24.3 Å². The third-order valence-corrected chi connectivity index (χ3v) is 15.1. The van der Waals surface area contributed by atoms with E-state index in [1.807, 2.05) is 36.5 Å². The Balaban J connectivity index is 0.000000373. The molecule has 0 atom stereocenters. The third-order valence-electron chi connectivity index (χ3n) is 14.0. The zero-order chi connectivity index (χ0) is 73.2. The number of rotatable bonds is 15. The Kier molecular flexibility index (Phi) is 22.7. The number of nitrogens with zero attached hydrogens (tertiary/aromatic N) is 13. The van der Waals surface area contributed by atoms with Gasteiger partial charge in [-0.25, -0.2) is 64.5 Å². The number of amides is 4. The number of hydrazine groups is 2. The van der Waals surface area contributed by atoms with Gasteiger partial charge >= 0.3 is 6.36 Å². The lowest BCUT2D eigenvalue weighted by Gasteiger charge is -2.15. The molecule has 0 saturated carbocycles. The number of aryl methyl sites for hydroxylation is 1. The second kappa shape index (κ2) is 32.6. The topological polar surface area (TPSA) is 438 Å². The van der Waals surface area contributed by atoms with Crippen LogP contribution in [0.3, 0.4) is 0 Å². The van der Waals surface area contributed by atoms with Gasteiger partial charge in [0.2, 0.25) is 0 Å². The number of halogens is 4. The van der Waals surface area contributed by atoms with E-state index in [2.05, 4.69) is 90.8 Å². The van der Waals surface area contributed by atoms with Crippen LogP contribution in [-0.4, -0.2) is 109 Å². The smallest absolute Gasteiger partial charge is 0.404 e. The molecule has 13 N–H and O–H groups in total. The van der Waals surface area contributed by atoms with Gasteiger partial charge in [0.15, 0.2) is 50.1 Å². The molecular formula is C69H70F4N22O7S. The summed E-state index contributed by atoms with van der Waals surface area (Å²) in [5.74, 6) is 7.75. The predicted octanol–water partition coefficient (Wildman–Crippen LogP) is 11.8. The first-order chi connectivity index (χ1) is 49.4. The first-order valence-electron chi connectivity index (χ1n) is 30.0. The molecule has 29 nitrogen and oxygen atoms in total. The Bertz CT molecular complexity index is 5350. The number of carbonyl (C=O) groups is 4. The highest BCUT2D eigenvalue weighted by atomic mass is 32.2. The number of benzene rings is 4. The van der Waals surface area contributed by atoms with Crippen molar-refractivity contribution < 1.29 is 59.9 Å². The molecule has 9 heterocycles. The highest BCUT2D eigenvalue weighted by Gasteiger charge is 2.33. The summed E-state index contributed by atoms with van der Waals surface area (Å²) >= 11 is 0.